The predicted molar refractivity (Wildman–Crippen MR) is 55.7 cm³/mol. The monoisotopic (exact) mass is 176 g/mol. The topological polar surface area (TPSA) is 20.2 Å². The van der Waals surface area contributed by atoms with Gasteiger partial charge in [0, 0.05) is 0 Å². The molecule has 0 radical (unpaired) electrons. The van der Waals surface area contributed by atoms with Gasteiger partial charge in [-0.2, -0.15) is 0 Å². The lowest BCUT2D eigenvalue weighted by Crippen LogP contribution is -2.09. The summed E-state index contributed by atoms with van der Waals surface area (Å²) in [5.74, 6) is 0. The van der Waals surface area contributed by atoms with Gasteiger partial charge in [0.05, 0.1) is 6.10 Å². The Balaban J connectivity index is 2.63. The second-order valence-corrected chi connectivity index (χ2v) is 3.31. The molecule has 1 atom stereocenters. The Bertz CT molecular complexity index is 278. The van der Waals surface area contributed by atoms with Crippen molar-refractivity contribution in [3.05, 3.63) is 48.0 Å². The van der Waals surface area contributed by atoms with E-state index in [4.69, 9.17) is 0 Å². The molecule has 1 unspecified atom stereocenters. The lowest BCUT2D eigenvalue weighted by Gasteiger charge is -2.09. The summed E-state index contributed by atoms with van der Waals surface area (Å²) in [6, 6.07) is 8.14. The number of benzene rings is 1. The molecule has 0 bridgehead atoms. The van der Waals surface area contributed by atoms with Crippen molar-refractivity contribution in [3.8, 4) is 0 Å². The van der Waals surface area contributed by atoms with Gasteiger partial charge in [0.2, 0.25) is 0 Å². The van der Waals surface area contributed by atoms with Crippen molar-refractivity contribution < 1.29 is 5.11 Å². The van der Waals surface area contributed by atoms with Crippen LogP contribution in [0.4, 0.5) is 0 Å². The second-order valence-electron chi connectivity index (χ2n) is 3.31. The van der Waals surface area contributed by atoms with E-state index in [-0.39, 0.29) is 6.10 Å². The lowest BCUT2D eigenvalue weighted by atomic mass is 10.0. The summed E-state index contributed by atoms with van der Waals surface area (Å²) < 4.78 is 0. The fraction of sp³-hybridized carbons (Fsp3) is 0.333. The highest BCUT2D eigenvalue weighted by atomic mass is 16.3. The zero-order chi connectivity index (χ0) is 9.68. The molecule has 1 rings (SSSR count). The SMILES string of the molecule is C=CCC(O)Cc1ccccc1C. The van der Waals surface area contributed by atoms with Gasteiger partial charge in [-0.05, 0) is 30.9 Å². The first kappa shape index (κ1) is 10.0. The molecule has 0 amide bonds. The van der Waals surface area contributed by atoms with E-state index in [0.717, 1.165) is 6.42 Å². The molecular weight excluding hydrogens is 160 g/mol. The van der Waals surface area contributed by atoms with Crippen LogP contribution in [0.25, 0.3) is 0 Å². The Morgan fingerprint density at radius 2 is 2.15 bits per heavy atom. The van der Waals surface area contributed by atoms with Crippen molar-refractivity contribution in [1.82, 2.24) is 0 Å². The van der Waals surface area contributed by atoms with E-state index in [0.29, 0.717) is 6.42 Å². The molecule has 70 valence electrons. The first-order chi connectivity index (χ1) is 6.24. The van der Waals surface area contributed by atoms with Crippen LogP contribution in [0.3, 0.4) is 0 Å². The maximum atomic E-state index is 9.56. The highest BCUT2D eigenvalue weighted by molar-refractivity contribution is 5.26. The fourth-order valence-corrected chi connectivity index (χ4v) is 1.37. The highest BCUT2D eigenvalue weighted by Crippen LogP contribution is 2.11. The first-order valence-corrected chi connectivity index (χ1v) is 4.57. The predicted octanol–water partition coefficient (Wildman–Crippen LogP) is 2.47. The summed E-state index contributed by atoms with van der Waals surface area (Å²) in [4.78, 5) is 0. The van der Waals surface area contributed by atoms with Gasteiger partial charge in [0.25, 0.3) is 0 Å². The van der Waals surface area contributed by atoms with Crippen molar-refractivity contribution in [2.75, 3.05) is 0 Å². The third kappa shape index (κ3) is 3.03. The Hall–Kier alpha value is -1.08. The molecule has 0 saturated heterocycles. The molecule has 1 N–H and O–H groups in total. The molecule has 0 aliphatic heterocycles. The lowest BCUT2D eigenvalue weighted by molar-refractivity contribution is 0.178. The minimum atomic E-state index is -0.293. The number of hydrogen-bond donors (Lipinski definition) is 1. The molecule has 0 saturated carbocycles. The standard InChI is InChI=1S/C12H16O/c1-3-6-12(13)9-11-8-5-4-7-10(11)2/h3-5,7-8,12-13H,1,6,9H2,2H3. The van der Waals surface area contributed by atoms with Crippen molar-refractivity contribution in [2.45, 2.75) is 25.9 Å². The third-order valence-electron chi connectivity index (χ3n) is 2.16. The summed E-state index contributed by atoms with van der Waals surface area (Å²) in [5.41, 5.74) is 2.46. The number of aryl methyl sites for hydroxylation is 1. The molecule has 0 aliphatic carbocycles. The van der Waals surface area contributed by atoms with E-state index in [9.17, 15) is 5.11 Å². The van der Waals surface area contributed by atoms with Crippen LogP contribution in [0.1, 0.15) is 17.5 Å². The van der Waals surface area contributed by atoms with Gasteiger partial charge in [-0.1, -0.05) is 30.3 Å². The quantitative estimate of drug-likeness (QED) is 0.699. The van der Waals surface area contributed by atoms with Crippen LogP contribution >= 0.6 is 0 Å². The van der Waals surface area contributed by atoms with Crippen LogP contribution in [0, 0.1) is 6.92 Å². The van der Waals surface area contributed by atoms with Crippen molar-refractivity contribution in [1.29, 1.82) is 0 Å². The molecule has 0 spiro atoms. The van der Waals surface area contributed by atoms with Gasteiger partial charge in [0.1, 0.15) is 0 Å². The minimum Gasteiger partial charge on any atom is -0.392 e. The summed E-state index contributed by atoms with van der Waals surface area (Å²) >= 11 is 0. The number of rotatable bonds is 4. The van der Waals surface area contributed by atoms with Crippen LogP contribution in [0.15, 0.2) is 36.9 Å². The van der Waals surface area contributed by atoms with Crippen LogP contribution in [-0.4, -0.2) is 11.2 Å². The van der Waals surface area contributed by atoms with Gasteiger partial charge in [-0.3, -0.25) is 0 Å². The second kappa shape index (κ2) is 4.83. The van der Waals surface area contributed by atoms with Crippen molar-refractivity contribution in [2.24, 2.45) is 0 Å². The molecule has 0 aliphatic rings. The smallest absolute Gasteiger partial charge is 0.0614 e. The maximum absolute atomic E-state index is 9.56. The molecule has 1 aromatic carbocycles. The van der Waals surface area contributed by atoms with Gasteiger partial charge in [-0.25, -0.2) is 0 Å². The molecular formula is C12H16O. The van der Waals surface area contributed by atoms with Crippen LogP contribution in [0.5, 0.6) is 0 Å². The zero-order valence-electron chi connectivity index (χ0n) is 8.03. The van der Waals surface area contributed by atoms with Gasteiger partial charge >= 0.3 is 0 Å². The average Bonchev–Trinajstić information content (AvgIpc) is 2.09. The van der Waals surface area contributed by atoms with Crippen LogP contribution in [-0.2, 0) is 6.42 Å². The van der Waals surface area contributed by atoms with Gasteiger partial charge in [0.15, 0.2) is 0 Å². The third-order valence-corrected chi connectivity index (χ3v) is 2.16. The summed E-state index contributed by atoms with van der Waals surface area (Å²) in [7, 11) is 0. The van der Waals surface area contributed by atoms with Crippen LogP contribution < -0.4 is 0 Å². The first-order valence-electron chi connectivity index (χ1n) is 4.57. The van der Waals surface area contributed by atoms with Crippen molar-refractivity contribution in [3.63, 3.8) is 0 Å². The summed E-state index contributed by atoms with van der Waals surface area (Å²) in [6.45, 7) is 5.67. The Morgan fingerprint density at radius 1 is 1.46 bits per heavy atom. The molecule has 0 heterocycles. The molecule has 0 fully saturated rings. The highest BCUT2D eigenvalue weighted by Gasteiger charge is 2.04. The minimum absolute atomic E-state index is 0.293. The normalized spacial score (nSPS) is 12.5. The summed E-state index contributed by atoms with van der Waals surface area (Å²) in [6.07, 6.45) is 2.84. The average molecular weight is 176 g/mol. The maximum Gasteiger partial charge on any atom is 0.0614 e. The molecule has 1 heteroatoms. The van der Waals surface area contributed by atoms with E-state index in [1.54, 1.807) is 6.08 Å². The Morgan fingerprint density at radius 3 is 2.77 bits per heavy atom. The van der Waals surface area contributed by atoms with E-state index >= 15 is 0 Å². The molecule has 1 nitrogen and oxygen atoms in total. The van der Waals surface area contributed by atoms with Gasteiger partial charge in [-0.15, -0.1) is 6.58 Å². The van der Waals surface area contributed by atoms with Crippen molar-refractivity contribution >= 4 is 0 Å². The van der Waals surface area contributed by atoms with Gasteiger partial charge < -0.3 is 5.11 Å². The fourth-order valence-electron chi connectivity index (χ4n) is 1.37. The Labute approximate surface area is 79.7 Å². The number of aliphatic hydroxyl groups excluding tert-OH is 1. The number of aliphatic hydroxyl groups is 1. The number of hydrogen-bond acceptors (Lipinski definition) is 1. The van der Waals surface area contributed by atoms with E-state index in [1.165, 1.54) is 11.1 Å². The Kier molecular flexibility index (Phi) is 3.71. The van der Waals surface area contributed by atoms with E-state index in [2.05, 4.69) is 25.6 Å². The largest absolute Gasteiger partial charge is 0.392 e. The van der Waals surface area contributed by atoms with Crippen LogP contribution in [0.2, 0.25) is 0 Å². The van der Waals surface area contributed by atoms with E-state index < -0.39 is 0 Å². The molecule has 13 heavy (non-hydrogen) atoms. The molecule has 0 aromatic heterocycles. The zero-order valence-corrected chi connectivity index (χ0v) is 8.03. The summed E-state index contributed by atoms with van der Waals surface area (Å²) in [5, 5.41) is 9.56. The molecule has 1 aromatic rings. The van der Waals surface area contributed by atoms with E-state index in [1.807, 2.05) is 12.1 Å².